The normalized spacial score (nSPS) is 14.2. The Morgan fingerprint density at radius 3 is 2.44 bits per heavy atom. The Bertz CT molecular complexity index is 1180. The van der Waals surface area contributed by atoms with Crippen molar-refractivity contribution >= 4 is 23.1 Å². The van der Waals surface area contributed by atoms with Crippen LogP contribution in [0.3, 0.4) is 0 Å². The minimum absolute atomic E-state index is 0.0378. The SMILES string of the molecule is N#Cc1c(N)nc(N)nc1-c1ccc(N2CCN(Cc3ccccc3)CC2)c([N+](=O)[O-])c1. The molecule has 0 atom stereocenters. The highest BCUT2D eigenvalue weighted by Gasteiger charge is 2.25. The molecule has 1 aliphatic rings. The molecule has 1 saturated heterocycles. The molecule has 10 nitrogen and oxygen atoms in total. The van der Waals surface area contributed by atoms with Gasteiger partial charge in [-0.3, -0.25) is 15.0 Å². The van der Waals surface area contributed by atoms with E-state index in [2.05, 4.69) is 27.0 Å². The second-order valence-corrected chi connectivity index (χ2v) is 7.51. The molecule has 4 rings (SSSR count). The van der Waals surface area contributed by atoms with Gasteiger partial charge in [0.25, 0.3) is 5.69 Å². The van der Waals surface area contributed by atoms with Gasteiger partial charge in [-0.05, 0) is 11.6 Å². The Labute approximate surface area is 184 Å². The molecule has 0 radical (unpaired) electrons. The number of nitro benzene ring substituents is 1. The number of nitriles is 1. The summed E-state index contributed by atoms with van der Waals surface area (Å²) in [6.07, 6.45) is 0. The molecule has 1 fully saturated rings. The highest BCUT2D eigenvalue weighted by molar-refractivity contribution is 5.78. The van der Waals surface area contributed by atoms with Gasteiger partial charge in [0, 0.05) is 44.4 Å². The molecular weight excluding hydrogens is 408 g/mol. The Morgan fingerprint density at radius 2 is 1.78 bits per heavy atom. The van der Waals surface area contributed by atoms with Gasteiger partial charge in [-0.25, -0.2) is 4.98 Å². The minimum atomic E-state index is -0.421. The maximum absolute atomic E-state index is 11.9. The molecule has 1 aromatic heterocycles. The molecule has 0 saturated carbocycles. The van der Waals surface area contributed by atoms with E-state index in [0.717, 1.165) is 19.6 Å². The second-order valence-electron chi connectivity index (χ2n) is 7.51. The summed E-state index contributed by atoms with van der Waals surface area (Å²) in [5.74, 6) is -0.158. The Morgan fingerprint density at radius 1 is 1.06 bits per heavy atom. The summed E-state index contributed by atoms with van der Waals surface area (Å²) >= 11 is 0. The number of benzene rings is 2. The third-order valence-electron chi connectivity index (χ3n) is 5.47. The number of rotatable bonds is 5. The number of nitrogens with zero attached hydrogens (tertiary/aromatic N) is 6. The van der Waals surface area contributed by atoms with Gasteiger partial charge in [-0.15, -0.1) is 0 Å². The van der Waals surface area contributed by atoms with Gasteiger partial charge in [-0.2, -0.15) is 10.2 Å². The number of nitrogen functional groups attached to an aromatic ring is 2. The number of nitro groups is 1. The van der Waals surface area contributed by atoms with Crippen LogP contribution in [0.5, 0.6) is 0 Å². The topological polar surface area (TPSA) is 151 Å². The summed E-state index contributed by atoms with van der Waals surface area (Å²) in [5, 5.41) is 21.3. The van der Waals surface area contributed by atoms with Crippen molar-refractivity contribution in [3.63, 3.8) is 0 Å². The van der Waals surface area contributed by atoms with E-state index in [1.165, 1.54) is 11.6 Å². The number of aromatic nitrogens is 2. The van der Waals surface area contributed by atoms with Crippen molar-refractivity contribution in [2.75, 3.05) is 42.5 Å². The van der Waals surface area contributed by atoms with Crippen LogP contribution in [-0.2, 0) is 6.54 Å². The standard InChI is InChI=1S/C22H22N8O2/c23-13-17-20(26-22(25)27-21(17)24)16-6-7-18(19(12-16)30(31)32)29-10-8-28(9-11-29)14-15-4-2-1-3-5-15/h1-7,12H,8-11,14H2,(H4,24,25,26,27). The first kappa shape index (κ1) is 21.0. The number of hydrogen-bond acceptors (Lipinski definition) is 9. The van der Waals surface area contributed by atoms with E-state index in [0.29, 0.717) is 24.3 Å². The number of hydrogen-bond donors (Lipinski definition) is 2. The van der Waals surface area contributed by atoms with E-state index in [1.807, 2.05) is 29.2 Å². The first-order valence-corrected chi connectivity index (χ1v) is 10.1. The molecule has 1 aliphatic heterocycles. The van der Waals surface area contributed by atoms with E-state index in [9.17, 15) is 15.4 Å². The summed E-state index contributed by atoms with van der Waals surface area (Å²) in [6.45, 7) is 3.79. The third-order valence-corrected chi connectivity index (χ3v) is 5.47. The Hall–Kier alpha value is -4.23. The van der Waals surface area contributed by atoms with Crippen LogP contribution in [0.2, 0.25) is 0 Å². The van der Waals surface area contributed by atoms with Gasteiger partial charge in [0.2, 0.25) is 5.95 Å². The van der Waals surface area contributed by atoms with Crippen molar-refractivity contribution in [1.82, 2.24) is 14.9 Å². The van der Waals surface area contributed by atoms with Crippen molar-refractivity contribution in [1.29, 1.82) is 5.26 Å². The zero-order chi connectivity index (χ0) is 22.7. The molecule has 0 amide bonds. The quantitative estimate of drug-likeness (QED) is 0.459. The lowest BCUT2D eigenvalue weighted by Crippen LogP contribution is -2.46. The van der Waals surface area contributed by atoms with Gasteiger partial charge in [-0.1, -0.05) is 36.4 Å². The molecule has 0 spiro atoms. The van der Waals surface area contributed by atoms with Crippen molar-refractivity contribution in [2.24, 2.45) is 0 Å². The maximum Gasteiger partial charge on any atom is 0.293 e. The van der Waals surface area contributed by atoms with E-state index in [-0.39, 0.29) is 28.7 Å². The molecule has 32 heavy (non-hydrogen) atoms. The lowest BCUT2D eigenvalue weighted by atomic mass is 10.0. The van der Waals surface area contributed by atoms with Crippen molar-refractivity contribution in [2.45, 2.75) is 6.54 Å². The molecule has 3 aromatic rings. The molecule has 10 heteroatoms. The van der Waals surface area contributed by atoms with Crippen LogP contribution in [0, 0.1) is 21.4 Å². The first-order valence-electron chi connectivity index (χ1n) is 10.1. The lowest BCUT2D eigenvalue weighted by Gasteiger charge is -2.35. The van der Waals surface area contributed by atoms with Crippen LogP contribution in [-0.4, -0.2) is 46.0 Å². The van der Waals surface area contributed by atoms with Crippen LogP contribution >= 0.6 is 0 Å². The van der Waals surface area contributed by atoms with E-state index in [4.69, 9.17) is 11.5 Å². The predicted octanol–water partition coefficient (Wildman–Crippen LogP) is 2.41. The van der Waals surface area contributed by atoms with Crippen LogP contribution in [0.25, 0.3) is 11.3 Å². The molecule has 4 N–H and O–H groups in total. The minimum Gasteiger partial charge on any atom is -0.382 e. The molecule has 0 unspecified atom stereocenters. The molecule has 0 bridgehead atoms. The fraction of sp³-hybridized carbons (Fsp3) is 0.227. The summed E-state index contributed by atoms with van der Waals surface area (Å²) in [7, 11) is 0. The average Bonchev–Trinajstić information content (AvgIpc) is 2.79. The smallest absolute Gasteiger partial charge is 0.293 e. The van der Waals surface area contributed by atoms with E-state index in [1.54, 1.807) is 12.1 Å². The maximum atomic E-state index is 11.9. The highest BCUT2D eigenvalue weighted by atomic mass is 16.6. The van der Waals surface area contributed by atoms with Crippen molar-refractivity contribution in [3.8, 4) is 17.3 Å². The number of anilines is 3. The van der Waals surface area contributed by atoms with E-state index < -0.39 is 4.92 Å². The first-order chi connectivity index (χ1) is 15.5. The van der Waals surface area contributed by atoms with Crippen LogP contribution < -0.4 is 16.4 Å². The zero-order valence-corrected chi connectivity index (χ0v) is 17.3. The Balaban J connectivity index is 1.58. The van der Waals surface area contributed by atoms with Crippen LogP contribution in [0.15, 0.2) is 48.5 Å². The summed E-state index contributed by atoms with van der Waals surface area (Å²) in [4.78, 5) is 23.7. The van der Waals surface area contributed by atoms with Gasteiger partial charge in [0.05, 0.1) is 10.6 Å². The average molecular weight is 430 g/mol. The number of piperazine rings is 1. The number of nitrogens with two attached hydrogens (primary N) is 2. The third kappa shape index (κ3) is 4.28. The van der Waals surface area contributed by atoms with Gasteiger partial charge in [0.1, 0.15) is 23.1 Å². The largest absolute Gasteiger partial charge is 0.382 e. The van der Waals surface area contributed by atoms with Crippen molar-refractivity contribution < 1.29 is 4.92 Å². The fourth-order valence-electron chi connectivity index (χ4n) is 3.89. The fourth-order valence-corrected chi connectivity index (χ4v) is 3.89. The summed E-state index contributed by atoms with van der Waals surface area (Å²) in [6, 6.07) is 17.0. The molecular formula is C22H22N8O2. The van der Waals surface area contributed by atoms with E-state index >= 15 is 0 Å². The summed E-state index contributed by atoms with van der Waals surface area (Å²) in [5.41, 5.74) is 13.8. The monoisotopic (exact) mass is 430 g/mol. The molecule has 2 aromatic carbocycles. The summed E-state index contributed by atoms with van der Waals surface area (Å²) < 4.78 is 0. The van der Waals surface area contributed by atoms with Crippen LogP contribution in [0.4, 0.5) is 23.1 Å². The second kappa shape index (κ2) is 8.87. The highest BCUT2D eigenvalue weighted by Crippen LogP contribution is 2.35. The molecule has 162 valence electrons. The van der Waals surface area contributed by atoms with Crippen molar-refractivity contribution in [3.05, 3.63) is 69.8 Å². The molecule has 0 aliphatic carbocycles. The zero-order valence-electron chi connectivity index (χ0n) is 17.3. The predicted molar refractivity (Wildman–Crippen MR) is 122 cm³/mol. The van der Waals surface area contributed by atoms with Gasteiger partial charge < -0.3 is 16.4 Å². The lowest BCUT2D eigenvalue weighted by molar-refractivity contribution is -0.384. The van der Waals surface area contributed by atoms with Gasteiger partial charge >= 0.3 is 0 Å². The van der Waals surface area contributed by atoms with Crippen LogP contribution in [0.1, 0.15) is 11.1 Å². The Kier molecular flexibility index (Phi) is 5.83. The molecule has 2 heterocycles. The van der Waals surface area contributed by atoms with Gasteiger partial charge in [0.15, 0.2) is 0 Å².